The Morgan fingerprint density at radius 3 is 1.93 bits per heavy atom. The van der Waals surface area contributed by atoms with Crippen LogP contribution in [0.25, 0.3) is 29.9 Å². The number of Topliss-reactive ketones (excluding diaryl/α,β-unsaturated/α-hetero) is 2. The Balaban J connectivity index is 1.64. The van der Waals surface area contributed by atoms with Gasteiger partial charge in [-0.05, 0) is 57.1 Å². The topological polar surface area (TPSA) is 52.6 Å². The van der Waals surface area contributed by atoms with Crippen molar-refractivity contribution in [3.8, 4) is 21.3 Å². The van der Waals surface area contributed by atoms with Gasteiger partial charge in [0.1, 0.15) is 11.5 Å². The second-order valence-electron chi connectivity index (χ2n) is 13.2. The first-order valence-corrected chi connectivity index (χ1v) is 20.2. The molecule has 0 radical (unpaired) electrons. The maximum Gasteiger partial charge on any atom is 0.175 e. The quantitative estimate of drug-likeness (QED) is 0.0775. The van der Waals surface area contributed by atoms with Crippen LogP contribution in [0.4, 0.5) is 0 Å². The van der Waals surface area contributed by atoms with Crippen LogP contribution in [0.5, 0.6) is 11.5 Å². The zero-order valence-corrected chi connectivity index (χ0v) is 31.4. The highest BCUT2D eigenvalue weighted by Gasteiger charge is 2.43. The van der Waals surface area contributed by atoms with E-state index in [-0.39, 0.29) is 11.6 Å². The first-order valence-electron chi connectivity index (χ1n) is 17.7. The lowest BCUT2D eigenvalue weighted by Gasteiger charge is -2.19. The van der Waals surface area contributed by atoms with E-state index in [0.29, 0.717) is 42.6 Å². The number of thiophene rings is 3. The van der Waals surface area contributed by atoms with Gasteiger partial charge in [-0.3, -0.25) is 9.59 Å². The molecule has 1 aromatic carbocycles. The van der Waals surface area contributed by atoms with E-state index in [2.05, 4.69) is 53.7 Å². The van der Waals surface area contributed by atoms with Crippen molar-refractivity contribution >= 4 is 65.7 Å². The molecular weight excluding hydrogens is 629 g/mol. The van der Waals surface area contributed by atoms with Gasteiger partial charge < -0.3 is 9.47 Å². The molecular formula is C39H52O4S3. The van der Waals surface area contributed by atoms with Crippen molar-refractivity contribution in [3.05, 3.63) is 33.0 Å². The van der Waals surface area contributed by atoms with E-state index >= 15 is 0 Å². The van der Waals surface area contributed by atoms with Gasteiger partial charge in [0.15, 0.2) is 11.6 Å². The second kappa shape index (κ2) is 15.8. The maximum absolute atomic E-state index is 13.9. The summed E-state index contributed by atoms with van der Waals surface area (Å²) in [6, 6.07) is 4.48. The summed E-state index contributed by atoms with van der Waals surface area (Å²) < 4.78 is 15.9. The molecule has 0 amide bonds. The molecule has 4 nitrogen and oxygen atoms in total. The number of hydrogen-bond donors (Lipinski definition) is 0. The number of carbonyl (C=O) groups is 2. The fraction of sp³-hybridized carbons (Fsp3) is 0.590. The molecule has 0 spiro atoms. The van der Waals surface area contributed by atoms with Gasteiger partial charge in [0, 0.05) is 36.5 Å². The molecule has 250 valence electrons. The predicted octanol–water partition coefficient (Wildman–Crippen LogP) is 12.8. The Labute approximate surface area is 287 Å². The Bertz CT molecular complexity index is 1670. The van der Waals surface area contributed by atoms with Crippen molar-refractivity contribution < 1.29 is 19.1 Å². The normalized spacial score (nSPS) is 16.1. The first kappa shape index (κ1) is 35.1. The Morgan fingerprint density at radius 2 is 1.30 bits per heavy atom. The zero-order valence-electron chi connectivity index (χ0n) is 28.9. The fourth-order valence-corrected chi connectivity index (χ4v) is 10.4. The van der Waals surface area contributed by atoms with E-state index in [1.807, 2.05) is 6.92 Å². The Kier molecular flexibility index (Phi) is 12.0. The van der Waals surface area contributed by atoms with Gasteiger partial charge >= 0.3 is 0 Å². The van der Waals surface area contributed by atoms with Gasteiger partial charge in [-0.1, -0.05) is 86.0 Å². The van der Waals surface area contributed by atoms with Crippen molar-refractivity contribution in [1.29, 1.82) is 0 Å². The van der Waals surface area contributed by atoms with Gasteiger partial charge in [-0.15, -0.1) is 34.0 Å². The lowest BCUT2D eigenvalue weighted by Crippen LogP contribution is -2.15. The number of benzene rings is 1. The van der Waals surface area contributed by atoms with Gasteiger partial charge in [0.05, 0.1) is 33.4 Å². The molecule has 7 heteroatoms. The van der Waals surface area contributed by atoms with Crippen molar-refractivity contribution in [1.82, 2.24) is 0 Å². The minimum atomic E-state index is -0.526. The van der Waals surface area contributed by atoms with Crippen LogP contribution in [0.15, 0.2) is 12.1 Å². The molecule has 3 unspecified atom stereocenters. The molecule has 3 heterocycles. The molecule has 3 aromatic heterocycles. The molecule has 1 aliphatic carbocycles. The van der Waals surface area contributed by atoms with Crippen LogP contribution >= 0.6 is 34.0 Å². The molecule has 0 bridgehead atoms. The summed E-state index contributed by atoms with van der Waals surface area (Å²) >= 11 is 5.06. The molecule has 0 fully saturated rings. The summed E-state index contributed by atoms with van der Waals surface area (Å²) in [5.41, 5.74) is 1.32. The number of unbranched alkanes of at least 4 members (excludes halogenated alkanes) is 3. The van der Waals surface area contributed by atoms with E-state index in [4.69, 9.17) is 9.47 Å². The lowest BCUT2D eigenvalue weighted by molar-refractivity contribution is 0.0829. The van der Waals surface area contributed by atoms with Crippen molar-refractivity contribution in [3.63, 3.8) is 0 Å². The Hall–Kier alpha value is -2.22. The number of carbonyl (C=O) groups excluding carboxylic acids is 2. The summed E-state index contributed by atoms with van der Waals surface area (Å²) in [4.78, 5) is 31.6. The summed E-state index contributed by atoms with van der Waals surface area (Å²) in [6.07, 6.45) is 11.7. The van der Waals surface area contributed by atoms with Crippen LogP contribution in [0.1, 0.15) is 136 Å². The van der Waals surface area contributed by atoms with Crippen molar-refractivity contribution in [2.45, 2.75) is 119 Å². The van der Waals surface area contributed by atoms with Crippen molar-refractivity contribution in [2.75, 3.05) is 13.2 Å². The third-order valence-electron chi connectivity index (χ3n) is 9.76. The number of fused-ring (bicyclic) bond motifs is 3. The smallest absolute Gasteiger partial charge is 0.175 e. The summed E-state index contributed by atoms with van der Waals surface area (Å²) in [6.45, 7) is 16.7. The SMILES string of the molecule is CCCCCC1C(=O)c2c(C)sc(-c3cc4c(OCC(CC)CCCC)c5sc(C)cc5c(OCC(CC)CCC)c4s3)c2C1=O. The fourth-order valence-electron chi connectivity index (χ4n) is 6.92. The van der Waals surface area contributed by atoms with E-state index in [1.54, 1.807) is 34.0 Å². The number of aryl methyl sites for hydroxylation is 2. The zero-order chi connectivity index (χ0) is 33.0. The average Bonchev–Trinajstić information content (AvgIpc) is 3.80. The largest absolute Gasteiger partial charge is 0.491 e. The van der Waals surface area contributed by atoms with Crippen LogP contribution < -0.4 is 9.47 Å². The number of rotatable bonds is 18. The highest BCUT2D eigenvalue weighted by atomic mass is 32.1. The summed E-state index contributed by atoms with van der Waals surface area (Å²) in [5.74, 6) is 2.42. The molecule has 0 saturated heterocycles. The van der Waals surface area contributed by atoms with E-state index < -0.39 is 5.92 Å². The lowest BCUT2D eigenvalue weighted by atomic mass is 9.96. The second-order valence-corrected chi connectivity index (χ2v) is 16.8. The number of ketones is 2. The van der Waals surface area contributed by atoms with Crippen LogP contribution in [-0.2, 0) is 0 Å². The maximum atomic E-state index is 13.9. The predicted molar refractivity (Wildman–Crippen MR) is 199 cm³/mol. The van der Waals surface area contributed by atoms with E-state index in [0.717, 1.165) is 91.2 Å². The van der Waals surface area contributed by atoms with Crippen LogP contribution in [0.3, 0.4) is 0 Å². The Morgan fingerprint density at radius 1 is 0.696 bits per heavy atom. The number of hydrogen-bond acceptors (Lipinski definition) is 7. The molecule has 0 aliphatic heterocycles. The van der Waals surface area contributed by atoms with Gasteiger partial charge in [0.2, 0.25) is 0 Å². The highest BCUT2D eigenvalue weighted by Crippen LogP contribution is 2.54. The third kappa shape index (κ3) is 6.98. The highest BCUT2D eigenvalue weighted by molar-refractivity contribution is 7.27. The first-order chi connectivity index (χ1) is 22.3. The minimum absolute atomic E-state index is 0.0181. The van der Waals surface area contributed by atoms with Gasteiger partial charge in [-0.2, -0.15) is 0 Å². The molecule has 46 heavy (non-hydrogen) atoms. The van der Waals surface area contributed by atoms with Crippen LogP contribution in [0, 0.1) is 31.6 Å². The molecule has 5 rings (SSSR count). The molecule has 4 aromatic rings. The monoisotopic (exact) mass is 680 g/mol. The van der Waals surface area contributed by atoms with E-state index in [1.165, 1.54) is 24.1 Å². The van der Waals surface area contributed by atoms with Crippen molar-refractivity contribution in [2.24, 2.45) is 17.8 Å². The summed E-state index contributed by atoms with van der Waals surface area (Å²) in [5, 5.41) is 2.19. The standard InChI is InChI=1S/C39H52O4S3/c1-8-13-15-18-27-33(40)31-24(7)45-39(32(31)34(27)41)30-20-29-36(43-22-26(12-5)17-14-9-2)37-28(19-23(6)44-37)35(38(29)46-30)42-21-25(11-4)16-10-3/h19-20,25-27H,8-18,21-22H2,1-7H3. The van der Waals surface area contributed by atoms with E-state index in [9.17, 15) is 9.59 Å². The molecule has 3 atom stereocenters. The van der Waals surface area contributed by atoms with Gasteiger partial charge in [0.25, 0.3) is 0 Å². The summed E-state index contributed by atoms with van der Waals surface area (Å²) in [7, 11) is 0. The molecule has 0 N–H and O–H groups in total. The third-order valence-corrected chi connectivity index (χ3v) is 13.2. The van der Waals surface area contributed by atoms with Gasteiger partial charge in [-0.25, -0.2) is 0 Å². The molecule has 1 aliphatic rings. The molecule has 0 saturated carbocycles. The average molecular weight is 681 g/mol. The van der Waals surface area contributed by atoms with Crippen LogP contribution in [-0.4, -0.2) is 24.8 Å². The minimum Gasteiger partial charge on any atom is -0.491 e. The number of ether oxygens (including phenoxy) is 2. The van der Waals surface area contributed by atoms with Crippen LogP contribution in [0.2, 0.25) is 0 Å².